The number of Topliss-reactive ketones (excluding diaryl/α,β-unsaturated/α-hetero) is 1. The molecule has 0 spiro atoms. The SMILES string of the molecule is COC1C(O)C(OC2C(O)C(COC(=O)CCNC(=O)CCC(=O)OCC(=O)[C@H]3CC[C@H]4[C@@H]5CCC6=CC(=O)CC[C@]6(C)[C@H]5CC[C@]34C)OC(C)C2NC(C)=O)OC(C(=O)O)C1O. The van der Waals surface area contributed by atoms with Gasteiger partial charge in [-0.05, 0) is 86.5 Å². The van der Waals surface area contributed by atoms with Gasteiger partial charge in [-0.1, -0.05) is 19.4 Å². The van der Waals surface area contributed by atoms with Gasteiger partial charge < -0.3 is 59.5 Å². The second-order valence-electron chi connectivity index (χ2n) is 18.7. The highest BCUT2D eigenvalue weighted by molar-refractivity contribution is 5.91. The van der Waals surface area contributed by atoms with Crippen LogP contribution >= 0.6 is 0 Å². The number of aliphatic hydroxyl groups is 3. The maximum absolute atomic E-state index is 13.5. The number of ketones is 2. The van der Waals surface area contributed by atoms with Gasteiger partial charge >= 0.3 is 17.9 Å². The monoisotopic (exact) mass is 892 g/mol. The first-order chi connectivity index (χ1) is 29.8. The Morgan fingerprint density at radius 2 is 1.59 bits per heavy atom. The van der Waals surface area contributed by atoms with E-state index in [-0.39, 0.29) is 60.7 Å². The molecule has 2 aliphatic heterocycles. The van der Waals surface area contributed by atoms with Gasteiger partial charge in [0.05, 0.1) is 25.0 Å². The largest absolute Gasteiger partial charge is 0.479 e. The topological polar surface area (TPSA) is 280 Å². The molecule has 19 heteroatoms. The van der Waals surface area contributed by atoms with Crippen molar-refractivity contribution in [3.63, 3.8) is 0 Å². The fraction of sp³-hybridized carbons (Fsp3) is 0.795. The van der Waals surface area contributed by atoms with E-state index in [0.717, 1.165) is 52.1 Å². The standard InChI is InChI=1S/C44H64N2O17/c1-21-34(46-22(2)47)38(62-42-37(55)39(58-5)36(54)40(63-42)41(56)57)35(53)30(61-21)20-60-33(52)14-17-45-31(50)10-11-32(51)59-19-29(49)28-9-8-26-25-7-6-23-18-24(48)12-15-43(23,3)27(25)13-16-44(26,28)4/h18,21,25-28,30,34-40,42,53-55H,6-17,19-20H2,1-5H3,(H,45,50)(H,46,47)(H,56,57)/t21?,25-,26-,27-,28+,30?,34?,35?,36?,37?,38?,39?,40?,42?,43-,44-/m0/s1. The molecule has 0 aromatic carbocycles. The van der Waals surface area contributed by atoms with Crippen LogP contribution in [0.2, 0.25) is 0 Å². The van der Waals surface area contributed by atoms with Crippen molar-refractivity contribution >= 4 is 41.3 Å². The highest BCUT2D eigenvalue weighted by Gasteiger charge is 2.60. The van der Waals surface area contributed by atoms with E-state index < -0.39 is 97.5 Å². The van der Waals surface area contributed by atoms with Crippen LogP contribution in [-0.2, 0) is 62.0 Å². The number of nitrogens with one attached hydrogen (secondary N) is 2. The molecule has 352 valence electrons. The second-order valence-corrected chi connectivity index (χ2v) is 18.7. The summed E-state index contributed by atoms with van der Waals surface area (Å²) in [6.45, 7) is 6.32. The molecule has 0 bridgehead atoms. The predicted molar refractivity (Wildman–Crippen MR) is 216 cm³/mol. The average molecular weight is 893 g/mol. The van der Waals surface area contributed by atoms with Crippen molar-refractivity contribution in [1.29, 1.82) is 0 Å². The Morgan fingerprint density at radius 3 is 2.29 bits per heavy atom. The molecule has 6 rings (SSSR count). The Hall–Kier alpha value is -3.85. The summed E-state index contributed by atoms with van der Waals surface area (Å²) in [4.78, 5) is 87.2. The van der Waals surface area contributed by atoms with Gasteiger partial charge in [0.25, 0.3) is 0 Å². The van der Waals surface area contributed by atoms with Gasteiger partial charge in [-0.3, -0.25) is 28.8 Å². The summed E-state index contributed by atoms with van der Waals surface area (Å²) < 4.78 is 32.7. The lowest BCUT2D eigenvalue weighted by Gasteiger charge is -2.58. The molecule has 5 fully saturated rings. The van der Waals surface area contributed by atoms with E-state index >= 15 is 0 Å². The molecule has 4 aliphatic carbocycles. The van der Waals surface area contributed by atoms with E-state index in [1.165, 1.54) is 12.5 Å². The summed E-state index contributed by atoms with van der Waals surface area (Å²) in [5.74, 6) is -2.73. The maximum atomic E-state index is 13.5. The van der Waals surface area contributed by atoms with Crippen LogP contribution in [0.3, 0.4) is 0 Å². The van der Waals surface area contributed by atoms with Crippen molar-refractivity contribution in [3.8, 4) is 0 Å². The van der Waals surface area contributed by atoms with Gasteiger partial charge in [0.1, 0.15) is 49.8 Å². The number of carboxylic acid groups (broad SMARTS) is 1. The van der Waals surface area contributed by atoms with Crippen molar-refractivity contribution in [2.24, 2.45) is 34.5 Å². The van der Waals surface area contributed by atoms with E-state index in [4.69, 9.17) is 28.4 Å². The van der Waals surface area contributed by atoms with Gasteiger partial charge in [0.2, 0.25) is 11.8 Å². The number of aliphatic hydroxyl groups excluding tert-OH is 3. The van der Waals surface area contributed by atoms with Crippen LogP contribution in [0.5, 0.6) is 0 Å². The molecular weight excluding hydrogens is 828 g/mol. The molecule has 6 N–H and O–H groups in total. The van der Waals surface area contributed by atoms with Gasteiger partial charge in [0, 0.05) is 39.3 Å². The smallest absolute Gasteiger partial charge is 0.335 e. The first-order valence-corrected chi connectivity index (χ1v) is 22.2. The Kier molecular flexibility index (Phi) is 15.5. The summed E-state index contributed by atoms with van der Waals surface area (Å²) >= 11 is 0. The van der Waals surface area contributed by atoms with E-state index in [9.17, 15) is 54.0 Å². The Labute approximate surface area is 366 Å². The summed E-state index contributed by atoms with van der Waals surface area (Å²) in [6.07, 6.45) is -5.40. The first kappa shape index (κ1) is 48.6. The number of carboxylic acids is 1. The quantitative estimate of drug-likeness (QED) is 0.116. The number of carbonyl (C=O) groups excluding carboxylic acids is 6. The number of fused-ring (bicyclic) bond motifs is 5. The molecule has 6 aliphatic rings. The molecule has 2 heterocycles. The number of rotatable bonds is 16. The zero-order valence-electron chi connectivity index (χ0n) is 36.7. The van der Waals surface area contributed by atoms with Crippen LogP contribution in [0.25, 0.3) is 0 Å². The number of hydrogen-bond acceptors (Lipinski definition) is 16. The average Bonchev–Trinajstić information content (AvgIpc) is 3.59. The van der Waals surface area contributed by atoms with Gasteiger partial charge in [-0.2, -0.15) is 0 Å². The maximum Gasteiger partial charge on any atom is 0.335 e. The van der Waals surface area contributed by atoms with Crippen molar-refractivity contribution in [3.05, 3.63) is 11.6 Å². The number of allylic oxidation sites excluding steroid dienone is 1. The molecule has 0 aromatic rings. The number of aliphatic carboxylic acids is 1. The zero-order chi connectivity index (χ0) is 46.0. The highest BCUT2D eigenvalue weighted by atomic mass is 16.7. The fourth-order valence-corrected chi connectivity index (χ4v) is 11.7. The number of carbonyl (C=O) groups is 7. The van der Waals surface area contributed by atoms with E-state index in [2.05, 4.69) is 24.5 Å². The number of ether oxygens (including phenoxy) is 6. The molecule has 3 saturated carbocycles. The van der Waals surface area contributed by atoms with Crippen LogP contribution in [-0.4, -0.2) is 150 Å². The van der Waals surface area contributed by atoms with Crippen molar-refractivity contribution in [2.45, 2.75) is 159 Å². The Bertz CT molecular complexity index is 1790. The zero-order valence-corrected chi connectivity index (χ0v) is 36.7. The van der Waals surface area contributed by atoms with E-state index in [1.54, 1.807) is 6.92 Å². The third-order valence-corrected chi connectivity index (χ3v) is 15.0. The van der Waals surface area contributed by atoms with E-state index in [0.29, 0.717) is 24.2 Å². The summed E-state index contributed by atoms with van der Waals surface area (Å²) in [5.41, 5.74) is 1.18. The Balaban J connectivity index is 0.908. The lowest BCUT2D eigenvalue weighted by molar-refractivity contribution is -0.327. The van der Waals surface area contributed by atoms with Crippen LogP contribution in [0.1, 0.15) is 98.3 Å². The first-order valence-electron chi connectivity index (χ1n) is 22.2. The minimum Gasteiger partial charge on any atom is -0.479 e. The minimum absolute atomic E-state index is 0.0446. The van der Waals surface area contributed by atoms with Gasteiger partial charge in [-0.25, -0.2) is 4.79 Å². The minimum atomic E-state index is -1.86. The molecular formula is C44H64N2O17. The van der Waals surface area contributed by atoms with Crippen LogP contribution in [0.15, 0.2) is 11.6 Å². The number of methoxy groups -OCH3 is 1. The normalized spacial score (nSPS) is 39.7. The predicted octanol–water partition coefficient (Wildman–Crippen LogP) is 0.661. The van der Waals surface area contributed by atoms with Crippen LogP contribution < -0.4 is 10.6 Å². The molecule has 0 radical (unpaired) electrons. The summed E-state index contributed by atoms with van der Waals surface area (Å²) in [5, 5.41) is 47.1. The van der Waals surface area contributed by atoms with Crippen LogP contribution in [0.4, 0.5) is 0 Å². The van der Waals surface area contributed by atoms with Crippen molar-refractivity contribution in [2.75, 3.05) is 26.9 Å². The Morgan fingerprint density at radius 1 is 0.857 bits per heavy atom. The highest BCUT2D eigenvalue weighted by Crippen LogP contribution is 2.66. The lowest BCUT2D eigenvalue weighted by Crippen LogP contribution is -2.67. The van der Waals surface area contributed by atoms with Gasteiger partial charge in [0.15, 0.2) is 24.0 Å². The van der Waals surface area contributed by atoms with E-state index in [1.807, 2.05) is 6.08 Å². The third-order valence-electron chi connectivity index (χ3n) is 15.0. The van der Waals surface area contributed by atoms with Crippen molar-refractivity contribution in [1.82, 2.24) is 10.6 Å². The molecule has 63 heavy (non-hydrogen) atoms. The molecule has 10 unspecified atom stereocenters. The third kappa shape index (κ3) is 10.3. The molecule has 2 amide bonds. The molecule has 0 aromatic heterocycles. The lowest BCUT2D eigenvalue weighted by atomic mass is 9.46. The summed E-state index contributed by atoms with van der Waals surface area (Å²) in [7, 11) is 1.14. The number of hydrogen-bond donors (Lipinski definition) is 6. The fourth-order valence-electron chi connectivity index (χ4n) is 11.7. The van der Waals surface area contributed by atoms with Crippen molar-refractivity contribution < 1.29 is 82.4 Å². The molecule has 16 atom stereocenters. The second kappa shape index (κ2) is 20.1. The van der Waals surface area contributed by atoms with Gasteiger partial charge in [-0.15, -0.1) is 0 Å². The molecule has 2 saturated heterocycles. The molecule has 19 nitrogen and oxygen atoms in total. The number of esters is 2. The van der Waals surface area contributed by atoms with Crippen LogP contribution in [0, 0.1) is 34.5 Å². The number of amides is 2. The summed E-state index contributed by atoms with van der Waals surface area (Å²) in [6, 6.07) is -1.04.